The predicted octanol–water partition coefficient (Wildman–Crippen LogP) is 1.32. The van der Waals surface area contributed by atoms with Gasteiger partial charge in [0.05, 0.1) is 18.0 Å². The Morgan fingerprint density at radius 2 is 2.12 bits per heavy atom. The number of thiazole rings is 1. The van der Waals surface area contributed by atoms with Crippen molar-refractivity contribution in [1.29, 1.82) is 0 Å². The normalized spacial score (nSPS) is 11.8. The first kappa shape index (κ1) is 16.6. The monoisotopic (exact) mass is 369 g/mol. The van der Waals surface area contributed by atoms with Crippen LogP contribution < -0.4 is 5.56 Å². The lowest BCUT2D eigenvalue weighted by atomic mass is 10.1. The number of H-pyrrole nitrogens is 1. The minimum atomic E-state index is -3.66. The zero-order valence-corrected chi connectivity index (χ0v) is 14.0. The smallest absolute Gasteiger partial charge is 0.273 e. The van der Waals surface area contributed by atoms with Crippen LogP contribution in [0.1, 0.15) is 5.69 Å². The minimum Gasteiger partial charge on any atom is -0.390 e. The number of hydrogen-bond acceptors (Lipinski definition) is 6. The first-order valence-corrected chi connectivity index (χ1v) is 9.44. The van der Waals surface area contributed by atoms with Crippen LogP contribution in [-0.2, 0) is 16.4 Å². The van der Waals surface area contributed by atoms with Crippen LogP contribution in [0.15, 0.2) is 39.3 Å². The molecule has 0 bridgehead atoms. The third-order valence-corrected chi connectivity index (χ3v) is 5.26. The number of halogens is 1. The van der Waals surface area contributed by atoms with Crippen molar-refractivity contribution in [1.82, 2.24) is 14.8 Å². The van der Waals surface area contributed by atoms with Gasteiger partial charge in [0.1, 0.15) is 10.7 Å². The molecule has 0 fully saturated rings. The molecule has 0 radical (unpaired) electrons. The Balaban J connectivity index is 2.04. The lowest BCUT2D eigenvalue weighted by molar-refractivity contribution is 0.277. The molecular formula is C14H12FN3O4S2. The van der Waals surface area contributed by atoms with Crippen molar-refractivity contribution < 1.29 is 17.9 Å². The van der Waals surface area contributed by atoms with Gasteiger partial charge in [-0.05, 0) is 12.1 Å². The molecule has 0 aliphatic heterocycles. The highest BCUT2D eigenvalue weighted by atomic mass is 32.2. The van der Waals surface area contributed by atoms with Crippen molar-refractivity contribution in [3.63, 3.8) is 0 Å². The molecule has 10 heteroatoms. The second-order valence-electron chi connectivity index (χ2n) is 5.04. The molecular weight excluding hydrogens is 357 g/mol. The van der Waals surface area contributed by atoms with Gasteiger partial charge >= 0.3 is 0 Å². The average Bonchev–Trinajstić information content (AvgIpc) is 3.11. The highest BCUT2D eigenvalue weighted by molar-refractivity contribution is 7.90. The maximum absolute atomic E-state index is 14.0. The molecule has 0 atom stereocenters. The Labute approximate surface area is 139 Å². The third-order valence-electron chi connectivity index (χ3n) is 3.26. The lowest BCUT2D eigenvalue weighted by Gasteiger charge is -2.03. The Bertz CT molecular complexity index is 1070. The van der Waals surface area contributed by atoms with Crippen molar-refractivity contribution in [2.24, 2.45) is 0 Å². The summed E-state index contributed by atoms with van der Waals surface area (Å²) in [6, 6.07) is 4.88. The minimum absolute atomic E-state index is 0.239. The van der Waals surface area contributed by atoms with E-state index in [2.05, 4.69) is 10.1 Å². The molecule has 1 aromatic carbocycles. The highest BCUT2D eigenvalue weighted by Gasteiger charge is 2.16. The predicted molar refractivity (Wildman–Crippen MR) is 86.5 cm³/mol. The fourth-order valence-corrected chi connectivity index (χ4v) is 3.63. The first-order valence-electron chi connectivity index (χ1n) is 6.67. The van der Waals surface area contributed by atoms with Crippen LogP contribution in [0.3, 0.4) is 0 Å². The van der Waals surface area contributed by atoms with Gasteiger partial charge in [-0.25, -0.2) is 17.8 Å². The SMILES string of the molecule is CS(=O)(=O)c1ccc(-c2cc(=O)n(-c3nc(CO)cs3)[nH]2)cc1F. The number of rotatable bonds is 4. The van der Waals surface area contributed by atoms with Gasteiger partial charge < -0.3 is 5.11 Å². The standard InChI is InChI=1S/C14H12FN3O4S2/c1-24(21,22)12-3-2-8(4-10(12)15)11-5-13(20)18(17-11)14-16-9(6-19)7-23-14/h2-5,7,17,19H,6H2,1H3. The average molecular weight is 369 g/mol. The number of sulfone groups is 1. The Hall–Kier alpha value is -2.30. The maximum atomic E-state index is 14.0. The van der Waals surface area contributed by atoms with E-state index in [0.717, 1.165) is 18.4 Å². The molecule has 3 aromatic rings. The van der Waals surface area contributed by atoms with Gasteiger partial charge in [0, 0.05) is 23.3 Å². The number of aliphatic hydroxyl groups excluding tert-OH is 1. The van der Waals surface area contributed by atoms with Crippen LogP contribution in [0.25, 0.3) is 16.4 Å². The molecule has 126 valence electrons. The molecule has 0 spiro atoms. The molecule has 0 saturated heterocycles. The highest BCUT2D eigenvalue weighted by Crippen LogP contribution is 2.23. The molecule has 0 saturated carbocycles. The van der Waals surface area contributed by atoms with Gasteiger partial charge in [0.15, 0.2) is 9.84 Å². The van der Waals surface area contributed by atoms with E-state index >= 15 is 0 Å². The van der Waals surface area contributed by atoms with Crippen molar-refractivity contribution >= 4 is 21.2 Å². The number of benzene rings is 1. The van der Waals surface area contributed by atoms with Gasteiger partial charge in [-0.3, -0.25) is 9.89 Å². The van der Waals surface area contributed by atoms with E-state index < -0.39 is 26.1 Å². The summed E-state index contributed by atoms with van der Waals surface area (Å²) in [5.74, 6) is -0.889. The largest absolute Gasteiger partial charge is 0.390 e. The quantitative estimate of drug-likeness (QED) is 0.722. The Kier molecular flexibility index (Phi) is 4.11. The Morgan fingerprint density at radius 1 is 1.38 bits per heavy atom. The van der Waals surface area contributed by atoms with E-state index in [1.807, 2.05) is 0 Å². The van der Waals surface area contributed by atoms with E-state index in [1.54, 1.807) is 5.38 Å². The lowest BCUT2D eigenvalue weighted by Crippen LogP contribution is -2.13. The number of aromatic amines is 1. The summed E-state index contributed by atoms with van der Waals surface area (Å²) in [4.78, 5) is 15.7. The molecule has 24 heavy (non-hydrogen) atoms. The van der Waals surface area contributed by atoms with Gasteiger partial charge in [0.2, 0.25) is 5.13 Å². The molecule has 7 nitrogen and oxygen atoms in total. The van der Waals surface area contributed by atoms with Crippen LogP contribution in [0.5, 0.6) is 0 Å². The number of aliphatic hydroxyl groups is 1. The van der Waals surface area contributed by atoms with Crippen LogP contribution in [0.4, 0.5) is 4.39 Å². The Morgan fingerprint density at radius 3 is 2.71 bits per heavy atom. The summed E-state index contributed by atoms with van der Waals surface area (Å²) < 4.78 is 38.1. The van der Waals surface area contributed by atoms with E-state index in [0.29, 0.717) is 22.1 Å². The second kappa shape index (κ2) is 5.96. The van der Waals surface area contributed by atoms with Gasteiger partial charge in [-0.15, -0.1) is 11.3 Å². The topological polar surface area (TPSA) is 105 Å². The first-order chi connectivity index (χ1) is 11.3. The second-order valence-corrected chi connectivity index (χ2v) is 7.86. The van der Waals surface area contributed by atoms with E-state index in [9.17, 15) is 17.6 Å². The van der Waals surface area contributed by atoms with Gasteiger partial charge in [-0.2, -0.15) is 4.68 Å². The zero-order chi connectivity index (χ0) is 17.5. The van der Waals surface area contributed by atoms with Crippen LogP contribution in [-0.4, -0.2) is 34.5 Å². The van der Waals surface area contributed by atoms with Crippen LogP contribution >= 0.6 is 11.3 Å². The third kappa shape index (κ3) is 3.03. The number of hydrogen-bond donors (Lipinski definition) is 2. The fraction of sp³-hybridized carbons (Fsp3) is 0.143. The molecule has 0 amide bonds. The summed E-state index contributed by atoms with van der Waals surface area (Å²) in [6.45, 7) is -0.239. The van der Waals surface area contributed by atoms with Crippen molar-refractivity contribution in [3.05, 3.63) is 51.5 Å². The van der Waals surface area contributed by atoms with E-state index in [1.165, 1.54) is 28.2 Å². The number of nitrogens with zero attached hydrogens (tertiary/aromatic N) is 2. The summed E-state index contributed by atoms with van der Waals surface area (Å²) in [6.07, 6.45) is 0.921. The molecule has 3 rings (SSSR count). The summed E-state index contributed by atoms with van der Waals surface area (Å²) >= 11 is 1.17. The molecule has 2 heterocycles. The van der Waals surface area contributed by atoms with Gasteiger partial charge in [-0.1, -0.05) is 6.07 Å². The molecule has 2 N–H and O–H groups in total. The molecule has 0 aliphatic rings. The van der Waals surface area contributed by atoms with Crippen LogP contribution in [0, 0.1) is 5.82 Å². The van der Waals surface area contributed by atoms with E-state index in [-0.39, 0.29) is 6.61 Å². The summed E-state index contributed by atoms with van der Waals surface area (Å²) in [5, 5.41) is 13.8. The summed E-state index contributed by atoms with van der Waals surface area (Å²) in [5.41, 5.74) is 0.674. The summed E-state index contributed by atoms with van der Waals surface area (Å²) in [7, 11) is -3.66. The fourth-order valence-electron chi connectivity index (χ4n) is 2.13. The van der Waals surface area contributed by atoms with Crippen molar-refractivity contribution in [2.75, 3.05) is 6.26 Å². The van der Waals surface area contributed by atoms with Gasteiger partial charge in [0.25, 0.3) is 5.56 Å². The molecule has 0 aliphatic carbocycles. The molecule has 2 aromatic heterocycles. The van der Waals surface area contributed by atoms with Crippen LogP contribution in [0.2, 0.25) is 0 Å². The maximum Gasteiger partial charge on any atom is 0.273 e. The van der Waals surface area contributed by atoms with E-state index in [4.69, 9.17) is 5.11 Å². The zero-order valence-electron chi connectivity index (χ0n) is 12.4. The van der Waals surface area contributed by atoms with Crippen molar-refractivity contribution in [2.45, 2.75) is 11.5 Å². The van der Waals surface area contributed by atoms with Crippen molar-refractivity contribution in [3.8, 4) is 16.4 Å². The molecule has 0 unspecified atom stereocenters. The number of nitrogens with one attached hydrogen (secondary N) is 1. The number of aromatic nitrogens is 3.